The molecule has 2 aliphatic carbocycles. The van der Waals surface area contributed by atoms with Crippen LogP contribution in [0.25, 0.3) is 22.3 Å². The molecule has 264 valence electrons. The summed E-state index contributed by atoms with van der Waals surface area (Å²) < 4.78 is 27.2. The molecule has 1 spiro atoms. The van der Waals surface area contributed by atoms with Gasteiger partial charge in [-0.25, -0.2) is 4.57 Å². The highest BCUT2D eigenvalue weighted by molar-refractivity contribution is 7.48. The maximum Gasteiger partial charge on any atom is 0.584 e. The van der Waals surface area contributed by atoms with Crippen molar-refractivity contribution in [1.29, 1.82) is 0 Å². The van der Waals surface area contributed by atoms with Crippen LogP contribution in [-0.2, 0) is 44.5 Å². The van der Waals surface area contributed by atoms with E-state index in [9.17, 15) is 9.46 Å². The standard InChI is InChI=1S/C45H55O4P/c1-41(2,3)29-15-19-31(35(25-29)43(7,8)9)33-17-13-27-21-23-45-24-22-28-14-18-34(40(38(28)45)49-50(46,47)48-39(33)37(27)45)32-20-16-30(42(4,5)6)26-36(32)44(10,11)12/h13-20,25-26H,21-24H2,1-12H3,(H,46,47). The van der Waals surface area contributed by atoms with Crippen LogP contribution < -0.4 is 9.05 Å². The molecular formula is C45H55O4P. The van der Waals surface area contributed by atoms with Crippen molar-refractivity contribution in [3.05, 3.63) is 105 Å². The van der Waals surface area contributed by atoms with E-state index in [2.05, 4.69) is 144 Å². The van der Waals surface area contributed by atoms with Gasteiger partial charge in [-0.15, -0.1) is 0 Å². The van der Waals surface area contributed by atoms with Crippen LogP contribution in [0.15, 0.2) is 60.7 Å². The van der Waals surface area contributed by atoms with Crippen LogP contribution in [0.3, 0.4) is 0 Å². The zero-order valence-corrected chi connectivity index (χ0v) is 33.1. The molecule has 0 amide bonds. The van der Waals surface area contributed by atoms with Crippen molar-refractivity contribution in [1.82, 2.24) is 0 Å². The Labute approximate surface area is 300 Å². The van der Waals surface area contributed by atoms with Gasteiger partial charge < -0.3 is 9.05 Å². The summed E-state index contributed by atoms with van der Waals surface area (Å²) in [7, 11) is -4.64. The van der Waals surface area contributed by atoms with Gasteiger partial charge in [-0.3, -0.25) is 4.89 Å². The minimum absolute atomic E-state index is 0.0169. The molecule has 0 fully saturated rings. The van der Waals surface area contributed by atoms with E-state index in [1.165, 1.54) is 33.4 Å². The van der Waals surface area contributed by atoms with Crippen molar-refractivity contribution < 1.29 is 18.5 Å². The molecule has 0 radical (unpaired) electrons. The van der Waals surface area contributed by atoms with Crippen LogP contribution >= 0.6 is 7.82 Å². The van der Waals surface area contributed by atoms with E-state index >= 15 is 0 Å². The second kappa shape index (κ2) is 11.1. The lowest BCUT2D eigenvalue weighted by Gasteiger charge is -2.36. The first kappa shape index (κ1) is 35.1. The molecule has 50 heavy (non-hydrogen) atoms. The molecule has 0 saturated heterocycles. The quantitative estimate of drug-likeness (QED) is 0.213. The van der Waals surface area contributed by atoms with E-state index in [4.69, 9.17) is 9.05 Å². The number of phosphoric acid groups is 1. The molecule has 4 nitrogen and oxygen atoms in total. The van der Waals surface area contributed by atoms with Gasteiger partial charge in [0.1, 0.15) is 11.5 Å². The number of hydrogen-bond acceptors (Lipinski definition) is 3. The van der Waals surface area contributed by atoms with E-state index in [1.54, 1.807) is 0 Å². The zero-order valence-electron chi connectivity index (χ0n) is 32.2. The van der Waals surface area contributed by atoms with Crippen molar-refractivity contribution in [3.63, 3.8) is 0 Å². The summed E-state index contributed by atoms with van der Waals surface area (Å²) in [6, 6.07) is 22.1. The summed E-state index contributed by atoms with van der Waals surface area (Å²) in [4.78, 5) is 11.8. The van der Waals surface area contributed by atoms with Crippen LogP contribution in [0.4, 0.5) is 0 Å². The Hall–Kier alpha value is -3.33. The minimum atomic E-state index is -4.64. The maximum absolute atomic E-state index is 14.4. The Morgan fingerprint density at radius 2 is 0.900 bits per heavy atom. The second-order valence-corrected chi connectivity index (χ2v) is 20.5. The average Bonchev–Trinajstić information content (AvgIpc) is 3.55. The van der Waals surface area contributed by atoms with Gasteiger partial charge in [0, 0.05) is 27.7 Å². The number of rotatable bonds is 2. The molecule has 1 aliphatic heterocycles. The minimum Gasteiger partial charge on any atom is -0.394 e. The molecule has 5 heteroatoms. The van der Waals surface area contributed by atoms with Gasteiger partial charge in [0.15, 0.2) is 0 Å². The van der Waals surface area contributed by atoms with E-state index in [0.29, 0.717) is 11.5 Å². The molecule has 3 aliphatic rings. The summed E-state index contributed by atoms with van der Waals surface area (Å²) in [5, 5.41) is 0. The van der Waals surface area contributed by atoms with Crippen LogP contribution in [0.2, 0.25) is 0 Å². The Morgan fingerprint density at radius 3 is 1.24 bits per heavy atom. The first-order valence-electron chi connectivity index (χ1n) is 18.4. The van der Waals surface area contributed by atoms with Crippen molar-refractivity contribution in [2.75, 3.05) is 0 Å². The summed E-state index contributed by atoms with van der Waals surface area (Å²) in [6.45, 7) is 26.8. The highest BCUT2D eigenvalue weighted by Crippen LogP contribution is 2.66. The number of aryl methyl sites for hydroxylation is 2. The number of phosphoric ester groups is 1. The van der Waals surface area contributed by atoms with Crippen LogP contribution in [0.1, 0.15) is 140 Å². The molecule has 1 N–H and O–H groups in total. The lowest BCUT2D eigenvalue weighted by atomic mass is 9.72. The third-order valence-corrected chi connectivity index (χ3v) is 12.3. The Balaban J connectivity index is 1.51. The average molecular weight is 691 g/mol. The van der Waals surface area contributed by atoms with Gasteiger partial charge in [-0.2, -0.15) is 0 Å². The van der Waals surface area contributed by atoms with E-state index in [0.717, 1.165) is 59.1 Å². The van der Waals surface area contributed by atoms with Gasteiger partial charge in [-0.05, 0) is 91.9 Å². The molecule has 4 aromatic carbocycles. The first-order valence-corrected chi connectivity index (χ1v) is 19.9. The SMILES string of the molecule is CC(C)(C)c1ccc(-c2ccc3c4c2OP(=O)(O)Oc2c(-c5ccc(C(C)(C)C)cc5C(C)(C)C)ccc5c2C4(CC3)CC5)c(C(C)(C)C)c1. The fraction of sp³-hybridized carbons (Fsp3) is 0.467. The highest BCUT2D eigenvalue weighted by Gasteiger charge is 2.53. The third-order valence-electron chi connectivity index (χ3n) is 11.5. The van der Waals surface area contributed by atoms with Crippen LogP contribution in [-0.4, -0.2) is 4.89 Å². The van der Waals surface area contributed by atoms with Crippen molar-refractivity contribution in [2.24, 2.45) is 0 Å². The largest absolute Gasteiger partial charge is 0.584 e. The molecule has 4 aromatic rings. The summed E-state index contributed by atoms with van der Waals surface area (Å²) in [5.41, 5.74) is 12.5. The van der Waals surface area contributed by atoms with Crippen molar-refractivity contribution in [2.45, 2.75) is 136 Å². The van der Waals surface area contributed by atoms with Gasteiger partial charge >= 0.3 is 7.82 Å². The van der Waals surface area contributed by atoms with Crippen LogP contribution in [0.5, 0.6) is 11.5 Å². The van der Waals surface area contributed by atoms with E-state index in [-0.39, 0.29) is 27.1 Å². The number of benzene rings is 4. The summed E-state index contributed by atoms with van der Waals surface area (Å²) in [6.07, 6.45) is 3.59. The Kier molecular flexibility index (Phi) is 7.78. The molecule has 7 rings (SSSR count). The molecule has 0 aromatic heterocycles. The fourth-order valence-corrected chi connectivity index (χ4v) is 9.63. The monoisotopic (exact) mass is 690 g/mol. The van der Waals surface area contributed by atoms with Gasteiger partial charge in [0.2, 0.25) is 0 Å². The maximum atomic E-state index is 14.4. The Bertz CT molecular complexity index is 1950. The summed E-state index contributed by atoms with van der Waals surface area (Å²) >= 11 is 0. The molecule has 0 unspecified atom stereocenters. The highest BCUT2D eigenvalue weighted by atomic mass is 31.2. The number of hydrogen-bond donors (Lipinski definition) is 1. The molecule has 0 saturated carbocycles. The fourth-order valence-electron chi connectivity index (χ4n) is 8.75. The predicted molar refractivity (Wildman–Crippen MR) is 207 cm³/mol. The lowest BCUT2D eigenvalue weighted by molar-refractivity contribution is 0.281. The van der Waals surface area contributed by atoms with Crippen molar-refractivity contribution in [3.8, 4) is 33.8 Å². The van der Waals surface area contributed by atoms with E-state index in [1.807, 2.05) is 0 Å². The Morgan fingerprint density at radius 1 is 0.540 bits per heavy atom. The lowest BCUT2D eigenvalue weighted by Crippen LogP contribution is -2.26. The second-order valence-electron chi connectivity index (χ2n) is 19.2. The topological polar surface area (TPSA) is 55.8 Å². The van der Waals surface area contributed by atoms with Gasteiger partial charge in [-0.1, -0.05) is 144 Å². The van der Waals surface area contributed by atoms with E-state index < -0.39 is 7.82 Å². The van der Waals surface area contributed by atoms with Crippen molar-refractivity contribution >= 4 is 7.82 Å². The molecule has 0 atom stereocenters. The molecule has 0 bridgehead atoms. The third kappa shape index (κ3) is 5.66. The molecular weight excluding hydrogens is 635 g/mol. The van der Waals surface area contributed by atoms with Gasteiger partial charge in [0.05, 0.1) is 0 Å². The smallest absolute Gasteiger partial charge is 0.394 e. The molecule has 1 heterocycles. The predicted octanol–water partition coefficient (Wildman–Crippen LogP) is 12.3. The van der Waals surface area contributed by atoms with Crippen LogP contribution in [0, 0.1) is 0 Å². The zero-order chi connectivity index (χ0) is 36.4. The normalized spacial score (nSPS) is 17.7. The summed E-state index contributed by atoms with van der Waals surface area (Å²) in [5.74, 6) is 1.02. The van der Waals surface area contributed by atoms with Gasteiger partial charge in [0.25, 0.3) is 0 Å². The first-order chi connectivity index (χ1) is 23.0.